The molecule has 0 N–H and O–H groups in total. The van der Waals surface area contributed by atoms with Gasteiger partial charge in [0.25, 0.3) is 0 Å². The Morgan fingerprint density at radius 3 is 2.03 bits per heavy atom. The molecule has 0 bridgehead atoms. The summed E-state index contributed by atoms with van der Waals surface area (Å²) in [6, 6.07) is 13.8. The monoisotopic (exact) mass is 407 g/mol. The molecule has 0 aliphatic heterocycles. The second-order valence-electron chi connectivity index (χ2n) is 7.25. The quantitative estimate of drug-likeness (QED) is 0.187. The first-order valence-electron chi connectivity index (χ1n) is 10.5. The third-order valence-corrected chi connectivity index (χ3v) is 4.94. The third kappa shape index (κ3) is 7.36. The van der Waals surface area contributed by atoms with E-state index < -0.39 is 0 Å². The molecule has 1 atom stereocenters. The standard InChI is InChI=1S/C25H29NO4/c1-4-19(2)25(28)30-18-8-6-5-7-17-29-23-15-11-21(12-16-23)24(27)20-9-13-22(26-3)14-10-20/h9-16,19H,4-8,17-18H2,1-2H3. The van der Waals surface area contributed by atoms with E-state index in [1.807, 2.05) is 13.8 Å². The molecule has 0 saturated heterocycles. The fourth-order valence-corrected chi connectivity index (χ4v) is 2.79. The zero-order valence-corrected chi connectivity index (χ0v) is 17.7. The van der Waals surface area contributed by atoms with Crippen LogP contribution in [0.1, 0.15) is 61.9 Å². The summed E-state index contributed by atoms with van der Waals surface area (Å²) in [5.41, 5.74) is 1.66. The summed E-state index contributed by atoms with van der Waals surface area (Å²) in [5, 5.41) is 0. The molecule has 0 amide bonds. The summed E-state index contributed by atoms with van der Waals surface area (Å²) in [6.45, 7) is 11.9. The molecule has 0 saturated carbocycles. The van der Waals surface area contributed by atoms with Crippen LogP contribution in [0.5, 0.6) is 5.75 Å². The van der Waals surface area contributed by atoms with Crippen LogP contribution < -0.4 is 4.74 Å². The van der Waals surface area contributed by atoms with E-state index in [-0.39, 0.29) is 17.7 Å². The molecule has 0 aliphatic carbocycles. The summed E-state index contributed by atoms with van der Waals surface area (Å²) in [6.07, 6.45) is 4.61. The van der Waals surface area contributed by atoms with Gasteiger partial charge in [-0.3, -0.25) is 9.59 Å². The molecule has 5 heteroatoms. The molecule has 158 valence electrons. The van der Waals surface area contributed by atoms with Crippen molar-refractivity contribution in [1.82, 2.24) is 0 Å². The Hall–Kier alpha value is -3.13. The molecular weight excluding hydrogens is 378 g/mol. The Morgan fingerprint density at radius 2 is 1.47 bits per heavy atom. The van der Waals surface area contributed by atoms with E-state index in [0.717, 1.165) is 37.9 Å². The molecule has 2 aromatic carbocycles. The Balaban J connectivity index is 1.64. The second-order valence-corrected chi connectivity index (χ2v) is 7.25. The van der Waals surface area contributed by atoms with E-state index in [9.17, 15) is 9.59 Å². The molecule has 0 heterocycles. The SMILES string of the molecule is [C-]#[N+]c1ccc(C(=O)c2ccc(OCCCCCCOC(=O)C(C)CC)cc2)cc1. The number of carbonyl (C=O) groups excluding carboxylic acids is 2. The van der Waals surface area contributed by atoms with E-state index in [1.165, 1.54) is 0 Å². The van der Waals surface area contributed by atoms with E-state index >= 15 is 0 Å². The number of benzene rings is 2. The zero-order chi connectivity index (χ0) is 21.8. The van der Waals surface area contributed by atoms with Crippen molar-refractivity contribution in [3.05, 3.63) is 71.1 Å². The Morgan fingerprint density at radius 1 is 0.900 bits per heavy atom. The Labute approximate surface area is 178 Å². The Kier molecular flexibility index (Phi) is 9.60. The van der Waals surface area contributed by atoms with E-state index in [2.05, 4.69) is 4.85 Å². The topological polar surface area (TPSA) is 57.0 Å². The first-order valence-corrected chi connectivity index (χ1v) is 10.5. The van der Waals surface area contributed by atoms with Crippen LogP contribution in [-0.2, 0) is 9.53 Å². The lowest BCUT2D eigenvalue weighted by molar-refractivity contribution is -0.148. The van der Waals surface area contributed by atoms with Gasteiger partial charge in [0.2, 0.25) is 0 Å². The van der Waals surface area contributed by atoms with Crippen LogP contribution in [-0.4, -0.2) is 25.0 Å². The van der Waals surface area contributed by atoms with E-state index in [1.54, 1.807) is 48.5 Å². The fraction of sp³-hybridized carbons (Fsp3) is 0.400. The third-order valence-electron chi connectivity index (χ3n) is 4.94. The lowest BCUT2D eigenvalue weighted by Gasteiger charge is -2.09. The number of esters is 1. The van der Waals surface area contributed by atoms with Gasteiger partial charge in [0.15, 0.2) is 11.5 Å². The minimum Gasteiger partial charge on any atom is -0.494 e. The van der Waals surface area contributed by atoms with Crippen LogP contribution in [0.25, 0.3) is 4.85 Å². The largest absolute Gasteiger partial charge is 0.494 e. The molecule has 0 aliphatic rings. The van der Waals surface area contributed by atoms with Crippen molar-refractivity contribution in [1.29, 1.82) is 0 Å². The van der Waals surface area contributed by atoms with Gasteiger partial charge in [0.05, 0.1) is 25.7 Å². The number of hydrogen-bond donors (Lipinski definition) is 0. The summed E-state index contributed by atoms with van der Waals surface area (Å²) in [4.78, 5) is 27.4. The van der Waals surface area contributed by atoms with Gasteiger partial charge in [-0.05, 0) is 56.4 Å². The van der Waals surface area contributed by atoms with Gasteiger partial charge in [-0.2, -0.15) is 0 Å². The first-order chi connectivity index (χ1) is 14.5. The highest BCUT2D eigenvalue weighted by Gasteiger charge is 2.11. The summed E-state index contributed by atoms with van der Waals surface area (Å²) in [7, 11) is 0. The molecule has 2 rings (SSSR count). The van der Waals surface area contributed by atoms with Crippen molar-refractivity contribution in [2.24, 2.45) is 5.92 Å². The molecule has 0 radical (unpaired) electrons. The van der Waals surface area contributed by atoms with Crippen molar-refractivity contribution < 1.29 is 19.1 Å². The number of carbonyl (C=O) groups is 2. The highest BCUT2D eigenvalue weighted by Crippen LogP contribution is 2.18. The average molecular weight is 408 g/mol. The maximum Gasteiger partial charge on any atom is 0.308 e. The summed E-state index contributed by atoms with van der Waals surface area (Å²) < 4.78 is 11.0. The number of hydrogen-bond acceptors (Lipinski definition) is 4. The van der Waals surface area contributed by atoms with Gasteiger partial charge in [0, 0.05) is 11.1 Å². The van der Waals surface area contributed by atoms with Crippen LogP contribution >= 0.6 is 0 Å². The molecule has 1 unspecified atom stereocenters. The van der Waals surface area contributed by atoms with Crippen LogP contribution in [0.2, 0.25) is 0 Å². The van der Waals surface area contributed by atoms with Crippen molar-refractivity contribution in [2.75, 3.05) is 13.2 Å². The predicted octanol–water partition coefficient (Wildman–Crippen LogP) is 6.00. The zero-order valence-electron chi connectivity index (χ0n) is 17.7. The predicted molar refractivity (Wildman–Crippen MR) is 117 cm³/mol. The van der Waals surface area contributed by atoms with Gasteiger partial charge in [-0.25, -0.2) is 4.85 Å². The molecule has 2 aromatic rings. The van der Waals surface area contributed by atoms with Crippen LogP contribution in [0.3, 0.4) is 0 Å². The van der Waals surface area contributed by atoms with Crippen molar-refractivity contribution in [3.8, 4) is 5.75 Å². The molecular formula is C25H29NO4. The highest BCUT2D eigenvalue weighted by atomic mass is 16.5. The number of rotatable bonds is 12. The Bertz CT molecular complexity index is 850. The number of ketones is 1. The van der Waals surface area contributed by atoms with Gasteiger partial charge in [0.1, 0.15) is 5.75 Å². The molecule has 30 heavy (non-hydrogen) atoms. The van der Waals surface area contributed by atoms with Crippen LogP contribution in [0, 0.1) is 12.5 Å². The minimum atomic E-state index is -0.108. The molecule has 0 spiro atoms. The molecule has 5 nitrogen and oxygen atoms in total. The maximum atomic E-state index is 12.5. The highest BCUT2D eigenvalue weighted by molar-refractivity contribution is 6.09. The van der Waals surface area contributed by atoms with Crippen molar-refractivity contribution in [2.45, 2.75) is 46.0 Å². The lowest BCUT2D eigenvalue weighted by Crippen LogP contribution is -2.14. The van der Waals surface area contributed by atoms with Gasteiger partial charge in [-0.15, -0.1) is 0 Å². The van der Waals surface area contributed by atoms with Crippen LogP contribution in [0.15, 0.2) is 48.5 Å². The normalized spacial score (nSPS) is 11.4. The van der Waals surface area contributed by atoms with E-state index in [0.29, 0.717) is 30.0 Å². The van der Waals surface area contributed by atoms with E-state index in [4.69, 9.17) is 16.0 Å². The van der Waals surface area contributed by atoms with Crippen molar-refractivity contribution in [3.63, 3.8) is 0 Å². The lowest BCUT2D eigenvalue weighted by atomic mass is 10.0. The fourth-order valence-electron chi connectivity index (χ4n) is 2.79. The molecule has 0 aromatic heterocycles. The average Bonchev–Trinajstić information content (AvgIpc) is 2.80. The van der Waals surface area contributed by atoms with Crippen LogP contribution in [0.4, 0.5) is 5.69 Å². The van der Waals surface area contributed by atoms with Crippen molar-refractivity contribution >= 4 is 17.4 Å². The van der Waals surface area contributed by atoms with Gasteiger partial charge < -0.3 is 9.47 Å². The second kappa shape index (κ2) is 12.4. The first kappa shape index (κ1) is 23.2. The number of ether oxygens (including phenoxy) is 2. The maximum absolute atomic E-state index is 12.5. The summed E-state index contributed by atoms with van der Waals surface area (Å²) in [5.74, 6) is 0.526. The van der Waals surface area contributed by atoms with Gasteiger partial charge >= 0.3 is 5.97 Å². The molecule has 0 fully saturated rings. The number of nitrogens with zero attached hydrogens (tertiary/aromatic N) is 1. The smallest absolute Gasteiger partial charge is 0.308 e. The minimum absolute atomic E-state index is 0.0229. The summed E-state index contributed by atoms with van der Waals surface area (Å²) >= 11 is 0. The van der Waals surface area contributed by atoms with Gasteiger partial charge in [-0.1, -0.05) is 38.1 Å². The number of unbranched alkanes of at least 4 members (excludes halogenated alkanes) is 3.